The van der Waals surface area contributed by atoms with Crippen LogP contribution in [0.25, 0.3) is 0 Å². The van der Waals surface area contributed by atoms with E-state index in [9.17, 15) is 0 Å². The molecule has 0 aliphatic heterocycles. The van der Waals surface area contributed by atoms with Gasteiger partial charge in [0.2, 0.25) is 0 Å². The fourth-order valence-corrected chi connectivity index (χ4v) is 2.74. The first-order valence-corrected chi connectivity index (χ1v) is 7.21. The predicted molar refractivity (Wildman–Crippen MR) is 72.2 cm³/mol. The minimum atomic E-state index is 0.149. The van der Waals surface area contributed by atoms with Crippen LogP contribution >= 0.6 is 0 Å². The van der Waals surface area contributed by atoms with Crippen LogP contribution in [0.2, 0.25) is 0 Å². The minimum Gasteiger partial charge on any atom is -0.394 e. The lowest BCUT2D eigenvalue weighted by atomic mass is 9.87. The Morgan fingerprint density at radius 1 is 1.33 bits per heavy atom. The van der Waals surface area contributed by atoms with Crippen molar-refractivity contribution in [2.75, 3.05) is 13.2 Å². The van der Waals surface area contributed by atoms with E-state index in [0.29, 0.717) is 6.54 Å². The zero-order chi connectivity index (χ0) is 12.6. The maximum absolute atomic E-state index is 8.81. The van der Waals surface area contributed by atoms with E-state index in [4.69, 9.17) is 5.11 Å². The highest BCUT2D eigenvalue weighted by atomic mass is 16.3. The third-order valence-corrected chi connectivity index (χ3v) is 3.80. The molecule has 18 heavy (non-hydrogen) atoms. The molecule has 1 aliphatic rings. The molecule has 0 aromatic carbocycles. The lowest BCUT2D eigenvalue weighted by Crippen LogP contribution is -2.18. The molecule has 4 heteroatoms. The summed E-state index contributed by atoms with van der Waals surface area (Å²) in [6, 6.07) is 0. The quantitative estimate of drug-likeness (QED) is 0.728. The lowest BCUT2D eigenvalue weighted by Gasteiger charge is -2.21. The van der Waals surface area contributed by atoms with Crippen molar-refractivity contribution in [3.05, 3.63) is 18.0 Å². The topological polar surface area (TPSA) is 50.1 Å². The van der Waals surface area contributed by atoms with Gasteiger partial charge >= 0.3 is 0 Å². The molecule has 0 radical (unpaired) electrons. The van der Waals surface area contributed by atoms with E-state index < -0.39 is 0 Å². The van der Waals surface area contributed by atoms with E-state index in [2.05, 4.69) is 10.4 Å². The fourth-order valence-electron chi connectivity index (χ4n) is 2.74. The Balaban J connectivity index is 1.59. The molecule has 1 saturated carbocycles. The molecule has 0 atom stereocenters. The number of aliphatic hydroxyl groups excluding tert-OH is 1. The van der Waals surface area contributed by atoms with Gasteiger partial charge in [-0.15, -0.1) is 0 Å². The Morgan fingerprint density at radius 3 is 2.94 bits per heavy atom. The van der Waals surface area contributed by atoms with Gasteiger partial charge in [0.05, 0.1) is 19.3 Å². The van der Waals surface area contributed by atoms with Gasteiger partial charge in [0.1, 0.15) is 0 Å². The predicted octanol–water partition coefficient (Wildman–Crippen LogP) is 1.94. The molecule has 0 spiro atoms. The molecule has 0 saturated heterocycles. The highest BCUT2D eigenvalue weighted by molar-refractivity contribution is 5.03. The summed E-state index contributed by atoms with van der Waals surface area (Å²) in [5, 5.41) is 16.5. The van der Waals surface area contributed by atoms with E-state index in [0.717, 1.165) is 19.0 Å². The highest BCUT2D eigenvalue weighted by Gasteiger charge is 2.12. The number of nitrogens with one attached hydrogen (secondary N) is 1. The largest absolute Gasteiger partial charge is 0.394 e. The summed E-state index contributed by atoms with van der Waals surface area (Å²) in [6.45, 7) is 2.73. The van der Waals surface area contributed by atoms with Crippen molar-refractivity contribution in [2.24, 2.45) is 5.92 Å². The standard InChI is InChI=1S/C14H25N3O/c18-9-8-17-12-14(11-16-17)10-15-7-6-13-4-2-1-3-5-13/h11-13,15,18H,1-10H2. The van der Waals surface area contributed by atoms with Gasteiger partial charge in [-0.05, 0) is 18.9 Å². The molecule has 0 bridgehead atoms. The molecule has 1 aromatic heterocycles. The maximum Gasteiger partial charge on any atom is 0.0640 e. The molecule has 1 aromatic rings. The lowest BCUT2D eigenvalue weighted by molar-refractivity contribution is 0.269. The van der Waals surface area contributed by atoms with Gasteiger partial charge < -0.3 is 10.4 Å². The van der Waals surface area contributed by atoms with Crippen LogP contribution in [0.3, 0.4) is 0 Å². The molecule has 2 rings (SSSR count). The zero-order valence-electron chi connectivity index (χ0n) is 11.1. The summed E-state index contributed by atoms with van der Waals surface area (Å²) in [6.07, 6.45) is 12.3. The number of nitrogens with zero attached hydrogens (tertiary/aromatic N) is 2. The molecular weight excluding hydrogens is 226 g/mol. The first kappa shape index (κ1) is 13.6. The Hall–Kier alpha value is -0.870. The summed E-state index contributed by atoms with van der Waals surface area (Å²) in [5.41, 5.74) is 1.20. The second kappa shape index (κ2) is 7.54. The summed E-state index contributed by atoms with van der Waals surface area (Å²) < 4.78 is 1.79. The SMILES string of the molecule is OCCn1cc(CNCCC2CCCCC2)cn1. The Bertz CT molecular complexity index is 332. The second-order valence-electron chi connectivity index (χ2n) is 5.30. The van der Waals surface area contributed by atoms with Crippen LogP contribution in [0.5, 0.6) is 0 Å². The van der Waals surface area contributed by atoms with Gasteiger partial charge in [0.15, 0.2) is 0 Å². The zero-order valence-corrected chi connectivity index (χ0v) is 11.1. The Labute approximate surface area is 109 Å². The van der Waals surface area contributed by atoms with E-state index in [-0.39, 0.29) is 6.61 Å². The average Bonchev–Trinajstić information content (AvgIpc) is 2.84. The van der Waals surface area contributed by atoms with Crippen LogP contribution in [0, 0.1) is 5.92 Å². The normalized spacial score (nSPS) is 17.2. The monoisotopic (exact) mass is 251 g/mol. The summed E-state index contributed by atoms with van der Waals surface area (Å²) in [7, 11) is 0. The average molecular weight is 251 g/mol. The Morgan fingerprint density at radius 2 is 2.17 bits per heavy atom. The maximum atomic E-state index is 8.81. The van der Waals surface area contributed by atoms with Gasteiger partial charge in [0, 0.05) is 18.3 Å². The second-order valence-corrected chi connectivity index (χ2v) is 5.30. The van der Waals surface area contributed by atoms with Gasteiger partial charge in [-0.25, -0.2) is 0 Å². The molecule has 0 unspecified atom stereocenters. The molecule has 2 N–H and O–H groups in total. The number of aliphatic hydroxyl groups is 1. The van der Waals surface area contributed by atoms with Crippen molar-refractivity contribution in [1.29, 1.82) is 0 Å². The van der Waals surface area contributed by atoms with Crippen LogP contribution in [-0.2, 0) is 13.1 Å². The van der Waals surface area contributed by atoms with E-state index in [1.54, 1.807) is 4.68 Å². The fraction of sp³-hybridized carbons (Fsp3) is 0.786. The third kappa shape index (κ3) is 4.42. The van der Waals surface area contributed by atoms with Gasteiger partial charge in [-0.3, -0.25) is 4.68 Å². The summed E-state index contributed by atoms with van der Waals surface area (Å²) in [5.74, 6) is 0.948. The summed E-state index contributed by atoms with van der Waals surface area (Å²) >= 11 is 0. The minimum absolute atomic E-state index is 0.149. The van der Waals surface area contributed by atoms with Gasteiger partial charge in [-0.2, -0.15) is 5.10 Å². The molecule has 102 valence electrons. The number of rotatable bonds is 7. The molecule has 1 heterocycles. The van der Waals surface area contributed by atoms with E-state index >= 15 is 0 Å². The Kier molecular flexibility index (Phi) is 5.68. The van der Waals surface area contributed by atoms with Crippen LogP contribution in [0.4, 0.5) is 0 Å². The van der Waals surface area contributed by atoms with E-state index in [1.807, 2.05) is 12.4 Å². The van der Waals surface area contributed by atoms with Crippen molar-refractivity contribution >= 4 is 0 Å². The first-order valence-electron chi connectivity index (χ1n) is 7.21. The van der Waals surface area contributed by atoms with Crippen molar-refractivity contribution < 1.29 is 5.11 Å². The third-order valence-electron chi connectivity index (χ3n) is 3.80. The smallest absolute Gasteiger partial charge is 0.0640 e. The first-order chi connectivity index (χ1) is 8.88. The van der Waals surface area contributed by atoms with Crippen molar-refractivity contribution in [3.8, 4) is 0 Å². The molecule has 0 amide bonds. The molecule has 1 aliphatic carbocycles. The molecular formula is C14H25N3O. The molecule has 1 fully saturated rings. The van der Waals surface area contributed by atoms with Crippen molar-refractivity contribution in [1.82, 2.24) is 15.1 Å². The number of aromatic nitrogens is 2. The van der Waals surface area contributed by atoms with Crippen LogP contribution in [-0.4, -0.2) is 28.0 Å². The number of hydrogen-bond donors (Lipinski definition) is 2. The summed E-state index contributed by atoms with van der Waals surface area (Å²) in [4.78, 5) is 0. The van der Waals surface area contributed by atoms with Crippen LogP contribution in [0.1, 0.15) is 44.1 Å². The number of hydrogen-bond acceptors (Lipinski definition) is 3. The van der Waals surface area contributed by atoms with Gasteiger partial charge in [0.25, 0.3) is 0 Å². The van der Waals surface area contributed by atoms with Gasteiger partial charge in [-0.1, -0.05) is 32.1 Å². The highest BCUT2D eigenvalue weighted by Crippen LogP contribution is 2.25. The van der Waals surface area contributed by atoms with Crippen molar-refractivity contribution in [2.45, 2.75) is 51.6 Å². The van der Waals surface area contributed by atoms with E-state index in [1.165, 1.54) is 44.1 Å². The van der Waals surface area contributed by atoms with Crippen molar-refractivity contribution in [3.63, 3.8) is 0 Å². The van der Waals surface area contributed by atoms with Crippen LogP contribution in [0.15, 0.2) is 12.4 Å². The van der Waals surface area contributed by atoms with Crippen LogP contribution < -0.4 is 5.32 Å². The molecule has 4 nitrogen and oxygen atoms in total.